The summed E-state index contributed by atoms with van der Waals surface area (Å²) >= 11 is 0. The highest BCUT2D eigenvalue weighted by atomic mass is 33.1. The summed E-state index contributed by atoms with van der Waals surface area (Å²) < 4.78 is 4.85. The number of amides is 4. The molecule has 1 unspecified atom stereocenters. The molecule has 0 saturated carbocycles. The zero-order chi connectivity index (χ0) is 31.9. The number of aliphatic carboxylic acids is 1. The number of anilines is 1. The molecule has 2 aromatic carbocycles. The number of carbonyl (C=O) groups excluding carboxylic acids is 4. The third-order valence-electron chi connectivity index (χ3n) is 7.09. The Morgan fingerprint density at radius 2 is 1.91 bits per heavy atom. The highest BCUT2D eigenvalue weighted by Crippen LogP contribution is 2.38. The normalized spacial score (nSPS) is 16.3. The van der Waals surface area contributed by atoms with E-state index in [1.165, 1.54) is 31.4 Å². The van der Waals surface area contributed by atoms with Crippen LogP contribution in [0.3, 0.4) is 0 Å². The van der Waals surface area contributed by atoms with Gasteiger partial charge in [0, 0.05) is 52.5 Å². The monoisotopic (exact) mass is 640 g/mol. The Hall–Kier alpha value is -3.97. The predicted octanol–water partition coefficient (Wildman–Crippen LogP) is 4.65. The van der Waals surface area contributed by atoms with Crippen molar-refractivity contribution in [3.63, 3.8) is 0 Å². The topological polar surface area (TPSA) is 145 Å². The van der Waals surface area contributed by atoms with Gasteiger partial charge >= 0.3 is 12.1 Å². The van der Waals surface area contributed by atoms with Crippen molar-refractivity contribution in [2.24, 2.45) is 0 Å². The van der Waals surface area contributed by atoms with E-state index in [1.807, 2.05) is 44.2 Å². The first-order valence-electron chi connectivity index (χ1n) is 14.1. The molecular formula is C31H36N4O7S2. The second-order valence-electron chi connectivity index (χ2n) is 11.1. The summed E-state index contributed by atoms with van der Waals surface area (Å²) in [6.45, 7) is 7.74. The minimum atomic E-state index is -1.07. The van der Waals surface area contributed by atoms with E-state index in [9.17, 15) is 29.1 Å². The van der Waals surface area contributed by atoms with E-state index < -0.39 is 22.9 Å². The van der Waals surface area contributed by atoms with Gasteiger partial charge < -0.3 is 25.0 Å². The number of fused-ring (bicyclic) bond motifs is 1. The van der Waals surface area contributed by atoms with Gasteiger partial charge in [0.2, 0.25) is 11.8 Å². The highest BCUT2D eigenvalue weighted by molar-refractivity contribution is 8.77. The standard InChI is InChI=1S/C31H36N4O7S2/c1-20-12-13-25(28(39)32-20)35-18-23-22(29(35)40)10-7-11-24(23)33-30(41)42-14-15-43-44-31(2,3)16-26(36)34(19-27(37)38)17-21-8-5-4-6-9-21/h4-11,25H,1,12-19H2,2-3H3,(H,32,39)(H,33,41)(H,37,38). The highest BCUT2D eigenvalue weighted by Gasteiger charge is 2.39. The molecule has 234 valence electrons. The molecule has 0 aromatic heterocycles. The van der Waals surface area contributed by atoms with Crippen LogP contribution < -0.4 is 10.6 Å². The smallest absolute Gasteiger partial charge is 0.411 e. The average Bonchev–Trinajstić information content (AvgIpc) is 3.29. The van der Waals surface area contributed by atoms with Crippen LogP contribution in [0.25, 0.3) is 0 Å². The SMILES string of the molecule is C=C1CCC(N2Cc3c(NC(=O)OCCSSC(C)(C)CC(=O)N(CC(=O)O)Cc4ccccc4)cccc3C2=O)C(=O)N1. The lowest BCUT2D eigenvalue weighted by Gasteiger charge is -2.31. The summed E-state index contributed by atoms with van der Waals surface area (Å²) in [7, 11) is 2.91. The molecule has 11 nitrogen and oxygen atoms in total. The van der Waals surface area contributed by atoms with E-state index in [2.05, 4.69) is 17.2 Å². The third kappa shape index (κ3) is 8.79. The third-order valence-corrected chi connectivity index (χ3v) is 10.3. The van der Waals surface area contributed by atoms with Gasteiger partial charge in [0.05, 0.1) is 0 Å². The van der Waals surface area contributed by atoms with Crippen molar-refractivity contribution in [3.05, 3.63) is 77.5 Å². The number of piperidine rings is 1. The van der Waals surface area contributed by atoms with Crippen LogP contribution in [0.5, 0.6) is 0 Å². The van der Waals surface area contributed by atoms with E-state index in [1.54, 1.807) is 18.2 Å². The maximum absolute atomic E-state index is 13.0. The molecule has 1 saturated heterocycles. The molecular weight excluding hydrogens is 604 g/mol. The van der Waals surface area contributed by atoms with Gasteiger partial charge in [0.25, 0.3) is 5.91 Å². The van der Waals surface area contributed by atoms with Crippen LogP contribution in [0.15, 0.2) is 60.8 Å². The van der Waals surface area contributed by atoms with E-state index in [4.69, 9.17) is 4.74 Å². The second-order valence-corrected chi connectivity index (χ2v) is 14.3. The first-order valence-corrected chi connectivity index (χ1v) is 16.4. The van der Waals surface area contributed by atoms with Gasteiger partial charge in [-0.05, 0) is 44.4 Å². The zero-order valence-electron chi connectivity index (χ0n) is 24.7. The van der Waals surface area contributed by atoms with Gasteiger partial charge in [-0.1, -0.05) is 64.6 Å². The van der Waals surface area contributed by atoms with Crippen LogP contribution in [0.2, 0.25) is 0 Å². The van der Waals surface area contributed by atoms with Gasteiger partial charge in [-0.25, -0.2) is 4.79 Å². The van der Waals surface area contributed by atoms with Crippen LogP contribution in [0.4, 0.5) is 10.5 Å². The lowest BCUT2D eigenvalue weighted by Crippen LogP contribution is -2.49. The number of carboxylic acid groups (broad SMARTS) is 1. The van der Waals surface area contributed by atoms with Gasteiger partial charge in [-0.15, -0.1) is 0 Å². The maximum Gasteiger partial charge on any atom is 0.411 e. The largest absolute Gasteiger partial charge is 0.480 e. The molecule has 0 aliphatic carbocycles. The molecule has 1 atom stereocenters. The van der Waals surface area contributed by atoms with Crippen molar-refractivity contribution >= 4 is 57.1 Å². The molecule has 4 amide bonds. The minimum absolute atomic E-state index is 0.110. The molecule has 1 fully saturated rings. The van der Waals surface area contributed by atoms with Crippen molar-refractivity contribution < 1.29 is 33.8 Å². The van der Waals surface area contributed by atoms with Gasteiger partial charge in [0.1, 0.15) is 19.2 Å². The van der Waals surface area contributed by atoms with Crippen LogP contribution in [0, 0.1) is 0 Å². The summed E-state index contributed by atoms with van der Waals surface area (Å²) in [6, 6.07) is 13.7. The molecule has 4 rings (SSSR count). The maximum atomic E-state index is 13.0. The second kappa shape index (κ2) is 14.7. The molecule has 3 N–H and O–H groups in total. The fraction of sp³-hybridized carbons (Fsp3) is 0.387. The van der Waals surface area contributed by atoms with E-state index in [0.29, 0.717) is 41.1 Å². The molecule has 2 heterocycles. The number of nitrogens with one attached hydrogen (secondary N) is 2. The summed E-state index contributed by atoms with van der Waals surface area (Å²) in [4.78, 5) is 65.3. The quantitative estimate of drug-likeness (QED) is 0.210. The number of hydrogen-bond acceptors (Lipinski definition) is 8. The summed E-state index contributed by atoms with van der Waals surface area (Å²) in [5.41, 5.74) is 3.01. The number of nitrogens with zero attached hydrogens (tertiary/aromatic N) is 2. The van der Waals surface area contributed by atoms with Crippen molar-refractivity contribution in [3.8, 4) is 0 Å². The van der Waals surface area contributed by atoms with Gasteiger partial charge in [-0.3, -0.25) is 24.5 Å². The van der Waals surface area contributed by atoms with Crippen LogP contribution in [-0.4, -0.2) is 74.4 Å². The van der Waals surface area contributed by atoms with Crippen molar-refractivity contribution in [2.75, 3.05) is 24.2 Å². The number of ether oxygens (including phenoxy) is 1. The lowest BCUT2D eigenvalue weighted by atomic mass is 10.0. The molecule has 2 aliphatic rings. The number of benzene rings is 2. The Kier molecular flexibility index (Phi) is 11.0. The van der Waals surface area contributed by atoms with Crippen LogP contribution in [0.1, 0.15) is 54.6 Å². The summed E-state index contributed by atoms with van der Waals surface area (Å²) in [5.74, 6) is -1.39. The number of allylic oxidation sites excluding steroid dienone is 1. The van der Waals surface area contributed by atoms with Crippen molar-refractivity contribution in [1.82, 2.24) is 15.1 Å². The first-order chi connectivity index (χ1) is 20.9. The Balaban J connectivity index is 1.22. The molecule has 0 bridgehead atoms. The molecule has 0 radical (unpaired) electrons. The summed E-state index contributed by atoms with van der Waals surface area (Å²) in [6.07, 6.45) is 0.554. The van der Waals surface area contributed by atoms with Gasteiger partial charge in [0.15, 0.2) is 0 Å². The van der Waals surface area contributed by atoms with Crippen LogP contribution in [-0.2, 0) is 32.2 Å². The first kappa shape index (κ1) is 32.9. The Morgan fingerprint density at radius 1 is 1.16 bits per heavy atom. The molecule has 2 aromatic rings. The van der Waals surface area contributed by atoms with Crippen molar-refractivity contribution in [1.29, 1.82) is 0 Å². The Labute approximate surface area is 264 Å². The number of hydrogen-bond donors (Lipinski definition) is 3. The van der Waals surface area contributed by atoms with E-state index in [-0.39, 0.29) is 50.4 Å². The zero-order valence-corrected chi connectivity index (χ0v) is 26.3. The minimum Gasteiger partial charge on any atom is -0.480 e. The fourth-order valence-electron chi connectivity index (χ4n) is 5.00. The average molecular weight is 641 g/mol. The summed E-state index contributed by atoms with van der Waals surface area (Å²) in [5, 5.41) is 14.7. The van der Waals surface area contributed by atoms with Crippen molar-refractivity contribution in [2.45, 2.75) is 57.0 Å². The number of carbonyl (C=O) groups is 5. The number of carboxylic acids is 1. The molecule has 13 heteroatoms. The Morgan fingerprint density at radius 3 is 2.61 bits per heavy atom. The van der Waals surface area contributed by atoms with Gasteiger partial charge in [-0.2, -0.15) is 0 Å². The molecule has 0 spiro atoms. The fourth-order valence-corrected chi connectivity index (χ4v) is 7.33. The Bertz CT molecular complexity index is 1430. The molecule has 2 aliphatic heterocycles. The number of rotatable bonds is 13. The lowest BCUT2D eigenvalue weighted by molar-refractivity contribution is -0.145. The van der Waals surface area contributed by atoms with E-state index >= 15 is 0 Å². The molecule has 44 heavy (non-hydrogen) atoms. The van der Waals surface area contributed by atoms with Crippen LogP contribution >= 0.6 is 21.6 Å². The predicted molar refractivity (Wildman–Crippen MR) is 170 cm³/mol. The van der Waals surface area contributed by atoms with E-state index in [0.717, 1.165) is 5.56 Å².